The number of carbonyl (C=O) groups is 1. The van der Waals surface area contributed by atoms with Crippen molar-refractivity contribution in [1.29, 1.82) is 0 Å². The van der Waals surface area contributed by atoms with Gasteiger partial charge in [0.25, 0.3) is 0 Å². The second-order valence-electron chi connectivity index (χ2n) is 4.11. The second kappa shape index (κ2) is 6.45. The van der Waals surface area contributed by atoms with Crippen molar-refractivity contribution < 1.29 is 13.6 Å². The summed E-state index contributed by atoms with van der Waals surface area (Å²) < 4.78 is 26.6. The number of hydrogen-bond acceptors (Lipinski definition) is 2. The van der Waals surface area contributed by atoms with E-state index in [0.717, 1.165) is 31.5 Å². The van der Waals surface area contributed by atoms with Crippen LogP contribution >= 0.6 is 0 Å². The zero-order valence-electron chi connectivity index (χ0n) is 10.2. The summed E-state index contributed by atoms with van der Waals surface area (Å²) in [6.07, 6.45) is 1.98. The van der Waals surface area contributed by atoms with Crippen LogP contribution in [0.1, 0.15) is 30.1 Å². The fourth-order valence-corrected chi connectivity index (χ4v) is 1.60. The lowest BCUT2D eigenvalue weighted by atomic mass is 10.1. The van der Waals surface area contributed by atoms with Crippen LogP contribution in [0.5, 0.6) is 0 Å². The molecule has 0 amide bonds. The molecule has 0 aliphatic rings. The van der Waals surface area contributed by atoms with Crippen LogP contribution in [0.4, 0.5) is 8.78 Å². The van der Waals surface area contributed by atoms with Gasteiger partial charge in [-0.3, -0.25) is 9.69 Å². The molecule has 1 aromatic rings. The molecule has 0 saturated heterocycles. The Morgan fingerprint density at radius 2 is 1.88 bits per heavy atom. The predicted octanol–water partition coefficient (Wildman–Crippen LogP) is 2.88. The van der Waals surface area contributed by atoms with Crippen molar-refractivity contribution in [2.24, 2.45) is 0 Å². The van der Waals surface area contributed by atoms with Crippen molar-refractivity contribution >= 4 is 5.78 Å². The van der Waals surface area contributed by atoms with Gasteiger partial charge in [0.05, 0.1) is 12.1 Å². The third-order valence-corrected chi connectivity index (χ3v) is 2.55. The van der Waals surface area contributed by atoms with Gasteiger partial charge in [0.1, 0.15) is 11.6 Å². The second-order valence-corrected chi connectivity index (χ2v) is 4.11. The molecule has 0 aromatic heterocycles. The maximum Gasteiger partial charge on any atom is 0.182 e. The molecular formula is C13H17F2NO. The number of ketones is 1. The number of unbranched alkanes of at least 4 members (excludes halogenated alkanes) is 1. The minimum absolute atomic E-state index is 0.0395. The summed E-state index contributed by atoms with van der Waals surface area (Å²) in [6.45, 7) is 2.84. The third kappa shape index (κ3) is 3.89. The molecule has 0 saturated carbocycles. The zero-order chi connectivity index (χ0) is 12.8. The lowest BCUT2D eigenvalue weighted by Gasteiger charge is -2.15. The SMILES string of the molecule is CCCCN(C)CC(=O)c1c(F)cccc1F. The first-order valence-corrected chi connectivity index (χ1v) is 5.72. The molecule has 94 valence electrons. The summed E-state index contributed by atoms with van der Waals surface area (Å²) in [5.41, 5.74) is -0.434. The summed E-state index contributed by atoms with van der Waals surface area (Å²) in [5.74, 6) is -2.10. The number of carbonyl (C=O) groups excluding carboxylic acids is 1. The van der Waals surface area contributed by atoms with Crippen LogP contribution in [-0.2, 0) is 0 Å². The Morgan fingerprint density at radius 1 is 1.29 bits per heavy atom. The molecule has 0 bridgehead atoms. The van der Waals surface area contributed by atoms with Gasteiger partial charge < -0.3 is 0 Å². The van der Waals surface area contributed by atoms with E-state index in [1.807, 2.05) is 6.92 Å². The molecule has 17 heavy (non-hydrogen) atoms. The molecule has 4 heteroatoms. The number of benzene rings is 1. The van der Waals surface area contributed by atoms with Crippen LogP contribution in [0.2, 0.25) is 0 Å². The maximum absolute atomic E-state index is 13.3. The monoisotopic (exact) mass is 241 g/mol. The van der Waals surface area contributed by atoms with Gasteiger partial charge in [0.15, 0.2) is 5.78 Å². The molecule has 0 radical (unpaired) electrons. The van der Waals surface area contributed by atoms with E-state index in [1.54, 1.807) is 11.9 Å². The predicted molar refractivity (Wildman–Crippen MR) is 63.1 cm³/mol. The number of hydrogen-bond donors (Lipinski definition) is 0. The molecule has 1 rings (SSSR count). The van der Waals surface area contributed by atoms with E-state index in [2.05, 4.69) is 0 Å². The topological polar surface area (TPSA) is 20.3 Å². The van der Waals surface area contributed by atoms with E-state index < -0.39 is 23.0 Å². The van der Waals surface area contributed by atoms with Gasteiger partial charge in [-0.05, 0) is 32.1 Å². The number of nitrogens with zero attached hydrogens (tertiary/aromatic N) is 1. The first-order valence-electron chi connectivity index (χ1n) is 5.72. The van der Waals surface area contributed by atoms with Crippen molar-refractivity contribution in [1.82, 2.24) is 4.90 Å². The third-order valence-electron chi connectivity index (χ3n) is 2.55. The average molecular weight is 241 g/mol. The molecule has 0 aliphatic carbocycles. The van der Waals surface area contributed by atoms with Crippen LogP contribution in [0.15, 0.2) is 18.2 Å². The molecule has 0 atom stereocenters. The standard InChI is InChI=1S/C13H17F2NO/c1-3-4-8-16(2)9-12(17)13-10(14)6-5-7-11(13)15/h5-7H,3-4,8-9H2,1-2H3. The van der Waals surface area contributed by atoms with E-state index >= 15 is 0 Å². The van der Waals surface area contributed by atoms with Crippen molar-refractivity contribution in [2.45, 2.75) is 19.8 Å². The number of rotatable bonds is 6. The summed E-state index contributed by atoms with van der Waals surface area (Å²) in [4.78, 5) is 13.5. The smallest absolute Gasteiger partial charge is 0.182 e. The molecule has 0 heterocycles. The normalized spacial score (nSPS) is 10.9. The number of halogens is 2. The van der Waals surface area contributed by atoms with Gasteiger partial charge in [-0.25, -0.2) is 8.78 Å². The molecule has 0 spiro atoms. The Bertz CT molecular complexity index is 373. The lowest BCUT2D eigenvalue weighted by molar-refractivity contribution is 0.0937. The highest BCUT2D eigenvalue weighted by atomic mass is 19.1. The first kappa shape index (κ1) is 13.8. The Morgan fingerprint density at radius 3 is 2.41 bits per heavy atom. The van der Waals surface area contributed by atoms with Gasteiger partial charge in [-0.2, -0.15) is 0 Å². The van der Waals surface area contributed by atoms with Crippen molar-refractivity contribution in [3.63, 3.8) is 0 Å². The highest BCUT2D eigenvalue weighted by Crippen LogP contribution is 2.13. The van der Waals surface area contributed by atoms with E-state index in [-0.39, 0.29) is 6.54 Å². The highest BCUT2D eigenvalue weighted by molar-refractivity contribution is 5.98. The quantitative estimate of drug-likeness (QED) is 0.714. The Hall–Kier alpha value is -1.29. The molecular weight excluding hydrogens is 224 g/mol. The van der Waals surface area contributed by atoms with E-state index in [9.17, 15) is 13.6 Å². The molecule has 0 fully saturated rings. The van der Waals surface area contributed by atoms with Gasteiger partial charge in [0, 0.05) is 0 Å². The van der Waals surface area contributed by atoms with Crippen LogP contribution in [-0.4, -0.2) is 30.8 Å². The fraction of sp³-hybridized carbons (Fsp3) is 0.462. The molecule has 0 N–H and O–H groups in total. The van der Waals surface area contributed by atoms with Crippen LogP contribution in [0, 0.1) is 11.6 Å². The Balaban J connectivity index is 2.70. The fourth-order valence-electron chi connectivity index (χ4n) is 1.60. The van der Waals surface area contributed by atoms with Crippen LogP contribution in [0.25, 0.3) is 0 Å². The molecule has 0 aliphatic heterocycles. The zero-order valence-corrected chi connectivity index (χ0v) is 10.2. The largest absolute Gasteiger partial charge is 0.299 e. The van der Waals surface area contributed by atoms with Crippen LogP contribution < -0.4 is 0 Å². The number of Topliss-reactive ketones (excluding diaryl/α,β-unsaturated/α-hetero) is 1. The molecule has 1 aromatic carbocycles. The summed E-state index contributed by atoms with van der Waals surface area (Å²) >= 11 is 0. The summed E-state index contributed by atoms with van der Waals surface area (Å²) in [6, 6.07) is 3.45. The minimum atomic E-state index is -0.793. The van der Waals surface area contributed by atoms with E-state index in [1.165, 1.54) is 6.07 Å². The van der Waals surface area contributed by atoms with E-state index in [0.29, 0.717) is 0 Å². The summed E-state index contributed by atoms with van der Waals surface area (Å²) in [5, 5.41) is 0. The highest BCUT2D eigenvalue weighted by Gasteiger charge is 2.17. The lowest BCUT2D eigenvalue weighted by Crippen LogP contribution is -2.28. The van der Waals surface area contributed by atoms with Gasteiger partial charge in [-0.15, -0.1) is 0 Å². The first-order chi connectivity index (χ1) is 8.06. The maximum atomic E-state index is 13.3. The summed E-state index contributed by atoms with van der Waals surface area (Å²) in [7, 11) is 1.77. The molecule has 0 unspecified atom stereocenters. The van der Waals surface area contributed by atoms with Crippen molar-refractivity contribution in [2.75, 3.05) is 20.1 Å². The van der Waals surface area contributed by atoms with Gasteiger partial charge in [0.2, 0.25) is 0 Å². The Labute approximate surface area is 100 Å². The van der Waals surface area contributed by atoms with Crippen LogP contribution in [0.3, 0.4) is 0 Å². The number of likely N-dealkylation sites (N-methyl/N-ethyl adjacent to an activating group) is 1. The van der Waals surface area contributed by atoms with Gasteiger partial charge in [-0.1, -0.05) is 19.4 Å². The minimum Gasteiger partial charge on any atom is -0.299 e. The van der Waals surface area contributed by atoms with Gasteiger partial charge >= 0.3 is 0 Å². The average Bonchev–Trinajstić information content (AvgIpc) is 2.26. The molecule has 2 nitrogen and oxygen atoms in total. The van der Waals surface area contributed by atoms with Crippen molar-refractivity contribution in [3.05, 3.63) is 35.4 Å². The van der Waals surface area contributed by atoms with Crippen molar-refractivity contribution in [3.8, 4) is 0 Å². The Kier molecular flexibility index (Phi) is 5.22. The van der Waals surface area contributed by atoms with E-state index in [4.69, 9.17) is 0 Å².